The zero-order chi connectivity index (χ0) is 76.2. The average molecular weight is 1510 g/mol. The molecule has 2 N–H and O–H groups in total. The zero-order valence-electron chi connectivity index (χ0n) is 61.2. The number of benzene rings is 3. The summed E-state index contributed by atoms with van der Waals surface area (Å²) in [6.07, 6.45) is 10.6. The fourth-order valence-electron chi connectivity index (χ4n) is 11.1. The molecule has 0 bridgehead atoms. The Bertz CT molecular complexity index is 3850. The third kappa shape index (κ3) is 31.1. The van der Waals surface area contributed by atoms with Crippen molar-refractivity contribution in [2.75, 3.05) is 145 Å². The van der Waals surface area contributed by atoms with Crippen LogP contribution < -0.4 is 40.8 Å². The Kier molecular flexibility index (Phi) is 38.1. The topological polar surface area (TPSA) is 371 Å². The van der Waals surface area contributed by atoms with Crippen LogP contribution in [0.15, 0.2) is 107 Å². The summed E-state index contributed by atoms with van der Waals surface area (Å²) >= 11 is 0. The summed E-state index contributed by atoms with van der Waals surface area (Å²) in [4.78, 5) is 128. The van der Waals surface area contributed by atoms with Crippen LogP contribution in [0.5, 0.6) is 23.0 Å². The molecule has 7 aromatic rings. The smallest absolute Gasteiger partial charge is 0.336 e. The number of furan rings is 2. The van der Waals surface area contributed by atoms with Crippen LogP contribution in [-0.4, -0.2) is 197 Å². The van der Waals surface area contributed by atoms with Crippen LogP contribution in [0.1, 0.15) is 139 Å². The van der Waals surface area contributed by atoms with E-state index < -0.39 is 29.0 Å². The Hall–Kier alpha value is -9.40. The predicted octanol–water partition coefficient (Wildman–Crippen LogP) is 9.62. The molecule has 588 valence electrons. The van der Waals surface area contributed by atoms with Crippen molar-refractivity contribution in [3.05, 3.63) is 106 Å². The SMILES string of the molecule is O=C(CCCOCCOCCOCCOCCC(=O)CCCCOc1cc(OCCCCC(=O)CCOCCOCCOCCOCCNC(=O)CCCOc2c3occc3cc3ccc(=O)oc23)cc(C(=O)NCCCCCC(=O)ON2C(=O)CCC2=O)c1)CCCOc1c2occc2cc2ccc(=O)oc12. The number of hydroxylamine groups is 2. The molecule has 108 heavy (non-hydrogen) atoms. The maximum Gasteiger partial charge on any atom is 0.336 e. The first-order valence-electron chi connectivity index (χ1n) is 37.1. The van der Waals surface area contributed by atoms with Gasteiger partial charge < -0.3 is 90.0 Å². The van der Waals surface area contributed by atoms with Gasteiger partial charge in [-0.05, 0) is 106 Å². The van der Waals surface area contributed by atoms with Crippen molar-refractivity contribution in [3.8, 4) is 23.0 Å². The minimum atomic E-state index is -0.681. The highest BCUT2D eigenvalue weighted by atomic mass is 16.7. The van der Waals surface area contributed by atoms with Crippen molar-refractivity contribution in [1.82, 2.24) is 15.7 Å². The number of ether oxygens (including phenoxy) is 12. The lowest BCUT2D eigenvalue weighted by Gasteiger charge is -2.13. The third-order valence-electron chi connectivity index (χ3n) is 16.7. The van der Waals surface area contributed by atoms with Gasteiger partial charge in [0.1, 0.15) is 28.8 Å². The number of carbonyl (C=O) groups excluding carboxylic acids is 8. The van der Waals surface area contributed by atoms with Crippen molar-refractivity contribution in [1.29, 1.82) is 0 Å². The Morgan fingerprint density at radius 1 is 0.352 bits per heavy atom. The Labute approximate surface area is 624 Å². The van der Waals surface area contributed by atoms with E-state index in [0.717, 1.165) is 10.8 Å². The maximum absolute atomic E-state index is 13.4. The molecule has 5 heterocycles. The summed E-state index contributed by atoms with van der Waals surface area (Å²) in [5, 5.41) is 9.26. The van der Waals surface area contributed by atoms with Gasteiger partial charge in [-0.2, -0.15) is 0 Å². The van der Waals surface area contributed by atoms with Crippen molar-refractivity contribution < 1.29 is 118 Å². The first-order chi connectivity index (χ1) is 52.8. The summed E-state index contributed by atoms with van der Waals surface area (Å²) in [6, 6.07) is 18.2. The van der Waals surface area contributed by atoms with Crippen LogP contribution in [0.25, 0.3) is 43.9 Å². The van der Waals surface area contributed by atoms with Crippen molar-refractivity contribution >= 4 is 90.8 Å². The van der Waals surface area contributed by atoms with Crippen molar-refractivity contribution in [2.45, 2.75) is 128 Å². The molecule has 0 radical (unpaired) electrons. The van der Waals surface area contributed by atoms with Crippen LogP contribution in [0.4, 0.5) is 0 Å². The molecule has 1 aliphatic heterocycles. The summed E-state index contributed by atoms with van der Waals surface area (Å²) in [6.45, 7) is 7.17. The zero-order valence-corrected chi connectivity index (χ0v) is 61.2. The molecule has 1 aliphatic rings. The van der Waals surface area contributed by atoms with E-state index in [2.05, 4.69) is 10.6 Å². The summed E-state index contributed by atoms with van der Waals surface area (Å²) in [5.41, 5.74) is 0.856. The highest BCUT2D eigenvalue weighted by Gasteiger charge is 2.33. The van der Waals surface area contributed by atoms with E-state index in [0.29, 0.717) is 262 Å². The van der Waals surface area contributed by atoms with Crippen LogP contribution in [0, 0.1) is 0 Å². The van der Waals surface area contributed by atoms with E-state index in [4.69, 9.17) is 79.3 Å². The number of unbranched alkanes of at least 4 members (excludes halogenated alkanes) is 4. The van der Waals surface area contributed by atoms with Crippen LogP contribution in [0.2, 0.25) is 0 Å². The largest absolute Gasteiger partial charge is 0.493 e. The van der Waals surface area contributed by atoms with E-state index >= 15 is 0 Å². The molecule has 0 unspecified atom stereocenters. The maximum atomic E-state index is 13.4. The molecule has 4 aromatic heterocycles. The first-order valence-corrected chi connectivity index (χ1v) is 37.1. The van der Waals surface area contributed by atoms with Gasteiger partial charge in [0.05, 0.1) is 138 Å². The molecule has 8 rings (SSSR count). The average Bonchev–Trinajstić information content (AvgIpc) is 1.52. The number of hydrogen-bond donors (Lipinski definition) is 2. The van der Waals surface area contributed by atoms with Crippen LogP contribution in [-0.2, 0) is 76.3 Å². The highest BCUT2D eigenvalue weighted by molar-refractivity contribution is 6.02. The minimum absolute atomic E-state index is 0.00126. The van der Waals surface area contributed by atoms with E-state index in [-0.39, 0.29) is 107 Å². The third-order valence-corrected chi connectivity index (χ3v) is 16.7. The predicted molar refractivity (Wildman–Crippen MR) is 390 cm³/mol. The van der Waals surface area contributed by atoms with Gasteiger partial charge >= 0.3 is 17.2 Å². The number of fused-ring (bicyclic) bond motifs is 4. The van der Waals surface area contributed by atoms with Crippen molar-refractivity contribution in [3.63, 3.8) is 0 Å². The lowest BCUT2D eigenvalue weighted by atomic mass is 10.1. The normalized spacial score (nSPS) is 12.2. The van der Waals surface area contributed by atoms with E-state index in [1.165, 1.54) is 18.4 Å². The quantitative estimate of drug-likeness (QED) is 0.0203. The fraction of sp³-hybridized carbons (Fsp3) is 0.538. The summed E-state index contributed by atoms with van der Waals surface area (Å²) in [5.74, 6) is -0.601. The number of rotatable bonds is 61. The number of ketones is 3. The number of nitrogens with zero attached hydrogens (tertiary/aromatic N) is 1. The van der Waals surface area contributed by atoms with Crippen LogP contribution >= 0.6 is 0 Å². The molecule has 0 saturated carbocycles. The minimum Gasteiger partial charge on any atom is -0.493 e. The molecular weight excluding hydrogens is 1410 g/mol. The van der Waals surface area contributed by atoms with Crippen LogP contribution in [0.3, 0.4) is 0 Å². The van der Waals surface area contributed by atoms with Gasteiger partial charge in [-0.1, -0.05) is 6.42 Å². The molecule has 4 amide bonds. The monoisotopic (exact) mass is 1510 g/mol. The van der Waals surface area contributed by atoms with E-state index in [1.807, 2.05) is 12.1 Å². The second-order valence-corrected chi connectivity index (χ2v) is 25.2. The molecule has 30 nitrogen and oxygen atoms in total. The van der Waals surface area contributed by atoms with Gasteiger partial charge in [-0.15, -0.1) is 5.06 Å². The highest BCUT2D eigenvalue weighted by Crippen LogP contribution is 2.37. The van der Waals surface area contributed by atoms with Gasteiger partial charge in [-0.3, -0.25) is 33.6 Å². The summed E-state index contributed by atoms with van der Waals surface area (Å²) in [7, 11) is 0. The van der Waals surface area contributed by atoms with Gasteiger partial charge in [0, 0.05) is 129 Å². The second-order valence-electron chi connectivity index (χ2n) is 25.2. The van der Waals surface area contributed by atoms with Gasteiger partial charge in [0.25, 0.3) is 17.7 Å². The Morgan fingerprint density at radius 3 is 1.28 bits per heavy atom. The van der Waals surface area contributed by atoms with E-state index in [1.54, 1.807) is 48.7 Å². The van der Waals surface area contributed by atoms with Gasteiger partial charge in [0.2, 0.25) is 17.4 Å². The standard InChI is InChI=1S/C78H99N3O27/c82-61(14-9-32-102-76-72-58(23-36-104-72)51-56-17-21-69(88)106-74(56)76)13-8-29-92-39-43-96-47-48-97-44-40-93-34-25-62(83)11-3-6-30-100-64-53-60(78(91)80-27-5-1-2-16-71(90)108-81-67(86)19-20-68(81)87)54-65(55-64)101-31-7-4-12-63(84)26-35-94-41-45-98-49-50-99-46-42-95-38-28-79-66(85)15-10-33-103-77-73-59(24-37-105-73)52-57-18-22-70(89)107-75(57)77/h17-18,21-24,36-37,51-55H,1-16,19-20,25-35,38-50H2,(H,79,85)(H,80,91). The summed E-state index contributed by atoms with van der Waals surface area (Å²) < 4.78 is 90.5. The first kappa shape index (κ1) is 84.2. The molecule has 0 spiro atoms. The Balaban J connectivity index is 0.593. The Morgan fingerprint density at radius 2 is 0.769 bits per heavy atom. The lowest BCUT2D eigenvalue weighted by Crippen LogP contribution is -2.31. The van der Waals surface area contributed by atoms with E-state index in [9.17, 15) is 47.9 Å². The molecule has 0 atom stereocenters. The number of Topliss-reactive ketones (excluding diaryl/α,β-unsaturated/α-hetero) is 3. The molecule has 1 saturated heterocycles. The lowest BCUT2D eigenvalue weighted by molar-refractivity contribution is -0.197. The number of amides is 4. The number of nitrogens with one attached hydrogen (secondary N) is 2. The van der Waals surface area contributed by atoms with Crippen molar-refractivity contribution in [2.24, 2.45) is 0 Å². The molecule has 0 aliphatic carbocycles. The molecular formula is C78H99N3O27. The van der Waals surface area contributed by atoms with Gasteiger partial charge in [-0.25, -0.2) is 14.4 Å². The molecule has 3 aromatic carbocycles. The molecule has 1 fully saturated rings. The second kappa shape index (κ2) is 48.8. The number of hydrogen-bond acceptors (Lipinski definition) is 27. The molecule has 30 heteroatoms. The van der Waals surface area contributed by atoms with Gasteiger partial charge in [0.15, 0.2) is 22.3 Å². The number of imide groups is 1. The fourth-order valence-corrected chi connectivity index (χ4v) is 11.1. The number of carbonyl (C=O) groups is 8.